The van der Waals surface area contributed by atoms with Crippen LogP contribution >= 0.6 is 11.6 Å². The van der Waals surface area contributed by atoms with E-state index in [1.54, 1.807) is 11.8 Å². The molecule has 0 aromatic heterocycles. The predicted molar refractivity (Wildman–Crippen MR) is 113 cm³/mol. The predicted octanol–water partition coefficient (Wildman–Crippen LogP) is 3.25. The number of ketones is 1. The number of Topliss-reactive ketones (excluding diaryl/α,β-unsaturated/α-hetero) is 1. The van der Waals surface area contributed by atoms with Crippen molar-refractivity contribution >= 4 is 34.7 Å². The van der Waals surface area contributed by atoms with Crippen molar-refractivity contribution in [1.82, 2.24) is 4.90 Å². The second-order valence-electron chi connectivity index (χ2n) is 7.43. The highest BCUT2D eigenvalue weighted by atomic mass is 35.5. The van der Waals surface area contributed by atoms with Crippen LogP contribution in [0.3, 0.4) is 0 Å². The van der Waals surface area contributed by atoms with Crippen molar-refractivity contribution < 1.29 is 9.59 Å². The van der Waals surface area contributed by atoms with Crippen LogP contribution in [0.5, 0.6) is 0 Å². The summed E-state index contributed by atoms with van der Waals surface area (Å²) >= 11 is 5.96. The zero-order chi connectivity index (χ0) is 19.7. The molecule has 28 heavy (non-hydrogen) atoms. The van der Waals surface area contributed by atoms with Crippen LogP contribution in [0, 0.1) is 0 Å². The summed E-state index contributed by atoms with van der Waals surface area (Å²) < 4.78 is 0. The third-order valence-corrected chi connectivity index (χ3v) is 5.86. The molecule has 1 saturated heterocycles. The fraction of sp³-hybridized carbons (Fsp3) is 0.364. The lowest BCUT2D eigenvalue weighted by molar-refractivity contribution is -0.116. The van der Waals surface area contributed by atoms with E-state index in [0.29, 0.717) is 13.1 Å². The summed E-state index contributed by atoms with van der Waals surface area (Å²) in [5, 5.41) is 0.744. The number of halogens is 1. The van der Waals surface area contributed by atoms with Crippen LogP contribution < -0.4 is 9.80 Å². The Balaban J connectivity index is 1.35. The molecule has 4 rings (SSSR count). The van der Waals surface area contributed by atoms with E-state index in [0.717, 1.165) is 54.4 Å². The van der Waals surface area contributed by atoms with Gasteiger partial charge in [0.05, 0.1) is 6.54 Å². The number of rotatable bonds is 4. The molecule has 0 unspecified atom stereocenters. The number of amides is 1. The van der Waals surface area contributed by atoms with E-state index in [1.165, 1.54) is 5.69 Å². The normalized spacial score (nSPS) is 16.9. The Kier molecular flexibility index (Phi) is 5.38. The Labute approximate surface area is 170 Å². The highest BCUT2D eigenvalue weighted by molar-refractivity contribution is 6.30. The van der Waals surface area contributed by atoms with Gasteiger partial charge in [-0.2, -0.15) is 0 Å². The molecule has 0 atom stereocenters. The number of anilines is 2. The van der Waals surface area contributed by atoms with Crippen molar-refractivity contribution in [3.05, 3.63) is 58.6 Å². The van der Waals surface area contributed by atoms with Gasteiger partial charge in [-0.3, -0.25) is 14.5 Å². The summed E-state index contributed by atoms with van der Waals surface area (Å²) in [5.41, 5.74) is 3.95. The molecule has 5 nitrogen and oxygen atoms in total. The van der Waals surface area contributed by atoms with Crippen molar-refractivity contribution in [2.75, 3.05) is 49.1 Å². The van der Waals surface area contributed by atoms with Crippen molar-refractivity contribution in [1.29, 1.82) is 0 Å². The van der Waals surface area contributed by atoms with Gasteiger partial charge in [0, 0.05) is 61.6 Å². The van der Waals surface area contributed by atoms with Crippen LogP contribution in [0.2, 0.25) is 5.02 Å². The summed E-state index contributed by atoms with van der Waals surface area (Å²) in [7, 11) is 0. The van der Waals surface area contributed by atoms with E-state index in [4.69, 9.17) is 11.6 Å². The molecule has 2 aromatic rings. The van der Waals surface area contributed by atoms with Gasteiger partial charge in [-0.1, -0.05) is 11.6 Å². The van der Waals surface area contributed by atoms with Gasteiger partial charge in [0.1, 0.15) is 0 Å². The lowest BCUT2D eigenvalue weighted by atomic mass is 10.0. The largest absolute Gasteiger partial charge is 0.369 e. The summed E-state index contributed by atoms with van der Waals surface area (Å²) in [6, 6.07) is 13.6. The third-order valence-electron chi connectivity index (χ3n) is 5.61. The zero-order valence-electron chi connectivity index (χ0n) is 16.0. The molecule has 146 valence electrons. The number of piperazine rings is 1. The summed E-state index contributed by atoms with van der Waals surface area (Å²) in [5.74, 6) is 0.195. The zero-order valence-corrected chi connectivity index (χ0v) is 16.8. The van der Waals surface area contributed by atoms with Crippen LogP contribution in [0.4, 0.5) is 11.4 Å². The van der Waals surface area contributed by atoms with Gasteiger partial charge in [0.25, 0.3) is 0 Å². The number of carbonyl (C=O) groups is 2. The second-order valence-corrected chi connectivity index (χ2v) is 7.86. The Bertz CT molecular complexity index is 889. The lowest BCUT2D eigenvalue weighted by Gasteiger charge is -2.35. The van der Waals surface area contributed by atoms with Gasteiger partial charge in [-0.25, -0.2) is 0 Å². The smallest absolute Gasteiger partial charge is 0.223 e. The van der Waals surface area contributed by atoms with Crippen LogP contribution in [0.25, 0.3) is 0 Å². The van der Waals surface area contributed by atoms with E-state index < -0.39 is 0 Å². The van der Waals surface area contributed by atoms with Crippen molar-refractivity contribution in [2.45, 2.75) is 13.3 Å². The van der Waals surface area contributed by atoms with Gasteiger partial charge >= 0.3 is 0 Å². The number of hydrogen-bond acceptors (Lipinski definition) is 4. The number of benzene rings is 2. The highest BCUT2D eigenvalue weighted by Crippen LogP contribution is 2.29. The maximum Gasteiger partial charge on any atom is 0.223 e. The number of nitrogens with zero attached hydrogens (tertiary/aromatic N) is 3. The first kappa shape index (κ1) is 19.0. The highest BCUT2D eigenvalue weighted by Gasteiger charge is 2.24. The molecule has 2 aromatic carbocycles. The average Bonchev–Trinajstić information content (AvgIpc) is 3.13. The minimum Gasteiger partial charge on any atom is -0.369 e. The SMILES string of the molecule is CC(=O)N1CCc2cc(C(=O)CN3CCN(c4ccc(Cl)cc4)CC3)ccc21. The van der Waals surface area contributed by atoms with Gasteiger partial charge in [-0.05, 0) is 54.4 Å². The molecule has 2 heterocycles. The minimum atomic E-state index is 0.0522. The van der Waals surface area contributed by atoms with Gasteiger partial charge in [0.15, 0.2) is 5.78 Å². The lowest BCUT2D eigenvalue weighted by Crippen LogP contribution is -2.48. The summed E-state index contributed by atoms with van der Waals surface area (Å²) in [6.07, 6.45) is 0.815. The quantitative estimate of drug-likeness (QED) is 0.743. The molecule has 0 radical (unpaired) electrons. The Morgan fingerprint density at radius 2 is 1.68 bits per heavy atom. The van der Waals surface area contributed by atoms with Crippen LogP contribution in [-0.4, -0.2) is 55.9 Å². The second kappa shape index (κ2) is 7.94. The number of hydrogen-bond donors (Lipinski definition) is 0. The Morgan fingerprint density at radius 1 is 0.964 bits per heavy atom. The monoisotopic (exact) mass is 397 g/mol. The summed E-state index contributed by atoms with van der Waals surface area (Å²) in [4.78, 5) is 30.8. The molecule has 1 fully saturated rings. The molecular weight excluding hydrogens is 374 g/mol. The molecule has 2 aliphatic rings. The third kappa shape index (κ3) is 3.91. The first-order chi connectivity index (χ1) is 13.5. The maximum absolute atomic E-state index is 12.8. The van der Waals surface area contributed by atoms with Gasteiger partial charge in [0.2, 0.25) is 5.91 Å². The maximum atomic E-state index is 12.8. The Hall–Kier alpha value is -2.37. The van der Waals surface area contributed by atoms with E-state index in [-0.39, 0.29) is 11.7 Å². The van der Waals surface area contributed by atoms with Crippen molar-refractivity contribution in [3.63, 3.8) is 0 Å². The molecule has 0 saturated carbocycles. The van der Waals surface area contributed by atoms with Crippen LogP contribution in [-0.2, 0) is 11.2 Å². The Morgan fingerprint density at radius 3 is 2.36 bits per heavy atom. The summed E-state index contributed by atoms with van der Waals surface area (Å²) in [6.45, 7) is 6.23. The van der Waals surface area contributed by atoms with E-state index in [9.17, 15) is 9.59 Å². The van der Waals surface area contributed by atoms with E-state index >= 15 is 0 Å². The first-order valence-electron chi connectivity index (χ1n) is 9.68. The molecule has 0 N–H and O–H groups in total. The first-order valence-corrected chi connectivity index (χ1v) is 10.1. The van der Waals surface area contributed by atoms with E-state index in [2.05, 4.69) is 9.80 Å². The molecule has 0 aliphatic carbocycles. The standard InChI is InChI=1S/C22H24ClN3O2/c1-16(27)26-9-8-17-14-18(2-7-21(17)26)22(28)15-24-10-12-25(13-11-24)20-5-3-19(23)4-6-20/h2-7,14H,8-13,15H2,1H3. The molecule has 0 bridgehead atoms. The van der Waals surface area contributed by atoms with Crippen molar-refractivity contribution in [2.24, 2.45) is 0 Å². The molecule has 2 aliphatic heterocycles. The molecule has 6 heteroatoms. The molecule has 1 amide bonds. The average molecular weight is 398 g/mol. The van der Waals surface area contributed by atoms with Crippen molar-refractivity contribution in [3.8, 4) is 0 Å². The molecular formula is C22H24ClN3O2. The number of fused-ring (bicyclic) bond motifs is 1. The molecule has 0 spiro atoms. The topological polar surface area (TPSA) is 43.9 Å². The number of carbonyl (C=O) groups excluding carboxylic acids is 2. The van der Waals surface area contributed by atoms with Gasteiger partial charge in [-0.15, -0.1) is 0 Å². The minimum absolute atomic E-state index is 0.0522. The van der Waals surface area contributed by atoms with E-state index in [1.807, 2.05) is 42.5 Å². The fourth-order valence-electron chi connectivity index (χ4n) is 4.01. The van der Waals surface area contributed by atoms with Crippen LogP contribution in [0.1, 0.15) is 22.8 Å². The van der Waals surface area contributed by atoms with Crippen LogP contribution in [0.15, 0.2) is 42.5 Å². The fourth-order valence-corrected chi connectivity index (χ4v) is 4.14. The van der Waals surface area contributed by atoms with Gasteiger partial charge < -0.3 is 9.80 Å².